The molecular formula is C16H9BrN2O2S. The van der Waals surface area contributed by atoms with Gasteiger partial charge >= 0.3 is 0 Å². The summed E-state index contributed by atoms with van der Waals surface area (Å²) in [7, 11) is 0. The minimum Gasteiger partial charge on any atom is -0.506 e. The first-order valence-electron chi connectivity index (χ1n) is 6.54. The van der Waals surface area contributed by atoms with E-state index < -0.39 is 0 Å². The third kappa shape index (κ3) is 1.95. The molecule has 6 heteroatoms. The van der Waals surface area contributed by atoms with Crippen LogP contribution in [0.4, 0.5) is 0 Å². The molecule has 4 rings (SSSR count). The van der Waals surface area contributed by atoms with Crippen molar-refractivity contribution in [2.75, 3.05) is 0 Å². The third-order valence-corrected chi connectivity index (χ3v) is 5.06. The lowest BCUT2D eigenvalue weighted by atomic mass is 10.2. The van der Waals surface area contributed by atoms with Gasteiger partial charge in [0.05, 0.1) is 20.0 Å². The van der Waals surface area contributed by atoms with E-state index in [0.29, 0.717) is 19.5 Å². The van der Waals surface area contributed by atoms with Gasteiger partial charge in [0.15, 0.2) is 4.96 Å². The van der Waals surface area contributed by atoms with Gasteiger partial charge in [0.1, 0.15) is 5.75 Å². The van der Waals surface area contributed by atoms with Crippen LogP contribution in [0.2, 0.25) is 0 Å². The minimum absolute atomic E-state index is 0.118. The van der Waals surface area contributed by atoms with Crippen LogP contribution < -0.4 is 10.1 Å². The summed E-state index contributed by atoms with van der Waals surface area (Å²) >= 11 is 4.59. The van der Waals surface area contributed by atoms with Crippen molar-refractivity contribution in [3.63, 3.8) is 0 Å². The van der Waals surface area contributed by atoms with E-state index in [4.69, 9.17) is 0 Å². The normalized spacial score (nSPS) is 12.5. The topological polar surface area (TPSA) is 54.6 Å². The number of benzene rings is 2. The zero-order valence-electron chi connectivity index (χ0n) is 11.2. The number of phenols is 1. The number of thiazole rings is 1. The van der Waals surface area contributed by atoms with E-state index in [-0.39, 0.29) is 11.3 Å². The van der Waals surface area contributed by atoms with Crippen molar-refractivity contribution in [3.05, 3.63) is 67.4 Å². The van der Waals surface area contributed by atoms with Crippen LogP contribution in [0.1, 0.15) is 5.56 Å². The molecule has 0 saturated heterocycles. The Kier molecular flexibility index (Phi) is 3.02. The number of rotatable bonds is 1. The van der Waals surface area contributed by atoms with Gasteiger partial charge in [-0.05, 0) is 40.2 Å². The number of aromatic hydroxyl groups is 1. The fourth-order valence-corrected chi connectivity index (χ4v) is 3.76. The van der Waals surface area contributed by atoms with E-state index in [1.165, 1.54) is 11.3 Å². The van der Waals surface area contributed by atoms with Crippen LogP contribution in [0.25, 0.3) is 22.1 Å². The van der Waals surface area contributed by atoms with Crippen LogP contribution in [0.5, 0.6) is 5.75 Å². The Morgan fingerprint density at radius 1 is 1.18 bits per heavy atom. The van der Waals surface area contributed by atoms with Gasteiger partial charge in [-0.2, -0.15) is 0 Å². The van der Waals surface area contributed by atoms with Crippen LogP contribution >= 0.6 is 27.3 Å². The molecule has 4 aromatic rings. The van der Waals surface area contributed by atoms with Crippen LogP contribution in [0.15, 0.2) is 51.7 Å². The minimum atomic E-state index is -0.118. The van der Waals surface area contributed by atoms with Gasteiger partial charge in [0, 0.05) is 5.56 Å². The highest BCUT2D eigenvalue weighted by atomic mass is 79.9. The highest BCUT2D eigenvalue weighted by Gasteiger charge is 2.11. The summed E-state index contributed by atoms with van der Waals surface area (Å²) < 4.78 is 2.75. The molecule has 108 valence electrons. The number of aromatic nitrogens is 2. The molecular weight excluding hydrogens is 364 g/mol. The molecule has 1 N–H and O–H groups in total. The largest absolute Gasteiger partial charge is 0.506 e. The summed E-state index contributed by atoms with van der Waals surface area (Å²) in [4.78, 5) is 17.7. The maximum Gasteiger partial charge on any atom is 0.274 e. The zero-order valence-corrected chi connectivity index (χ0v) is 13.6. The molecule has 0 saturated carbocycles. The monoisotopic (exact) mass is 372 g/mol. The van der Waals surface area contributed by atoms with Gasteiger partial charge < -0.3 is 5.11 Å². The maximum atomic E-state index is 12.6. The molecule has 22 heavy (non-hydrogen) atoms. The highest BCUT2D eigenvalue weighted by molar-refractivity contribution is 9.10. The first kappa shape index (κ1) is 13.5. The van der Waals surface area contributed by atoms with Gasteiger partial charge in [-0.1, -0.05) is 35.6 Å². The van der Waals surface area contributed by atoms with Gasteiger partial charge in [0.25, 0.3) is 5.56 Å². The molecule has 0 aliphatic heterocycles. The van der Waals surface area contributed by atoms with Gasteiger partial charge in [-0.15, -0.1) is 0 Å². The molecule has 2 aromatic carbocycles. The van der Waals surface area contributed by atoms with E-state index in [2.05, 4.69) is 20.9 Å². The zero-order chi connectivity index (χ0) is 15.3. The van der Waals surface area contributed by atoms with Crippen molar-refractivity contribution in [2.45, 2.75) is 0 Å². The molecule has 4 nitrogen and oxygen atoms in total. The quantitative estimate of drug-likeness (QED) is 0.558. The first-order chi connectivity index (χ1) is 10.6. The lowest BCUT2D eigenvalue weighted by Gasteiger charge is -1.99. The van der Waals surface area contributed by atoms with Crippen LogP contribution in [0.3, 0.4) is 0 Å². The lowest BCUT2D eigenvalue weighted by molar-refractivity contribution is 0.470. The predicted octanol–water partition coefficient (Wildman–Crippen LogP) is 2.93. The lowest BCUT2D eigenvalue weighted by Crippen LogP contribution is -2.22. The number of imidazole rings is 1. The summed E-state index contributed by atoms with van der Waals surface area (Å²) in [5, 5.41) is 10.0. The third-order valence-electron chi connectivity index (χ3n) is 3.45. The number of hydrogen-bond acceptors (Lipinski definition) is 4. The average Bonchev–Trinajstić information content (AvgIpc) is 3.01. The van der Waals surface area contributed by atoms with Crippen molar-refractivity contribution in [1.29, 1.82) is 0 Å². The first-order valence-corrected chi connectivity index (χ1v) is 8.15. The smallest absolute Gasteiger partial charge is 0.274 e. The summed E-state index contributed by atoms with van der Waals surface area (Å²) in [5.74, 6) is 0.123. The van der Waals surface area contributed by atoms with Crippen molar-refractivity contribution in [1.82, 2.24) is 9.38 Å². The number of halogens is 1. The Bertz CT molecular complexity index is 1130. The van der Waals surface area contributed by atoms with Crippen molar-refractivity contribution in [3.8, 4) is 5.75 Å². The number of nitrogens with zero attached hydrogens (tertiary/aromatic N) is 2. The Labute approximate surface area is 137 Å². The van der Waals surface area contributed by atoms with E-state index >= 15 is 0 Å². The molecule has 0 unspecified atom stereocenters. The Balaban J connectivity index is 2.04. The molecule has 0 fully saturated rings. The SMILES string of the molecule is O=c1c(=Cc2cccc(Br)c2O)sc2nc3ccccc3n12. The van der Waals surface area contributed by atoms with Gasteiger partial charge in [-0.3, -0.25) is 4.79 Å². The number of phenolic OH excluding ortho intramolecular Hbond substituents is 1. The molecule has 2 aromatic heterocycles. The molecule has 0 amide bonds. The van der Waals surface area contributed by atoms with Crippen LogP contribution in [0, 0.1) is 0 Å². The molecule has 0 atom stereocenters. The average molecular weight is 373 g/mol. The maximum absolute atomic E-state index is 12.6. The summed E-state index contributed by atoms with van der Waals surface area (Å²) in [6.07, 6.45) is 1.69. The molecule has 2 heterocycles. The standard InChI is InChI=1S/C16H9BrN2O2S/c17-10-5-3-4-9(14(10)20)8-13-15(21)19-12-7-2-1-6-11(12)18-16(19)22-13/h1-8,20H. The number of para-hydroxylation sites is 3. The molecule has 0 aliphatic carbocycles. The highest BCUT2D eigenvalue weighted by Crippen LogP contribution is 2.27. The second kappa shape index (κ2) is 4.93. The van der Waals surface area contributed by atoms with Gasteiger partial charge in [0.2, 0.25) is 0 Å². The molecule has 0 spiro atoms. The van der Waals surface area contributed by atoms with Crippen molar-refractivity contribution < 1.29 is 5.11 Å². The van der Waals surface area contributed by atoms with E-state index in [1.54, 1.807) is 22.6 Å². The van der Waals surface area contributed by atoms with Crippen LogP contribution in [-0.2, 0) is 0 Å². The van der Waals surface area contributed by atoms with Crippen molar-refractivity contribution >= 4 is 49.3 Å². The van der Waals surface area contributed by atoms with E-state index in [0.717, 1.165) is 11.0 Å². The summed E-state index contributed by atoms with van der Waals surface area (Å²) in [6, 6.07) is 12.9. The fourth-order valence-electron chi connectivity index (χ4n) is 2.40. The molecule has 0 bridgehead atoms. The summed E-state index contributed by atoms with van der Waals surface area (Å²) in [5.41, 5.74) is 2.09. The number of fused-ring (bicyclic) bond motifs is 3. The van der Waals surface area contributed by atoms with Gasteiger partial charge in [-0.25, -0.2) is 9.38 Å². The Hall–Kier alpha value is -2.18. The Morgan fingerprint density at radius 3 is 2.86 bits per heavy atom. The van der Waals surface area contributed by atoms with E-state index in [1.807, 2.05) is 30.3 Å². The van der Waals surface area contributed by atoms with Crippen LogP contribution in [-0.4, -0.2) is 14.5 Å². The Morgan fingerprint density at radius 2 is 2.00 bits per heavy atom. The fraction of sp³-hybridized carbons (Fsp3) is 0. The summed E-state index contributed by atoms with van der Waals surface area (Å²) in [6.45, 7) is 0. The molecule has 0 aliphatic rings. The second-order valence-corrected chi connectivity index (χ2v) is 6.68. The number of hydrogen-bond donors (Lipinski definition) is 1. The second-order valence-electron chi connectivity index (χ2n) is 4.81. The molecule has 0 radical (unpaired) electrons. The predicted molar refractivity (Wildman–Crippen MR) is 91.4 cm³/mol. The van der Waals surface area contributed by atoms with E-state index in [9.17, 15) is 9.90 Å². The van der Waals surface area contributed by atoms with Crippen molar-refractivity contribution in [2.24, 2.45) is 0 Å².